The molecule has 1 unspecified atom stereocenters. The minimum absolute atomic E-state index is 0.127. The van der Waals surface area contributed by atoms with E-state index in [-0.39, 0.29) is 5.91 Å². The van der Waals surface area contributed by atoms with Crippen LogP contribution in [0.15, 0.2) is 89.7 Å². The molecule has 0 saturated heterocycles. The van der Waals surface area contributed by atoms with Gasteiger partial charge >= 0.3 is 0 Å². The number of nitrogens with zero attached hydrogens (tertiary/aromatic N) is 3. The van der Waals surface area contributed by atoms with Crippen LogP contribution in [0.3, 0.4) is 0 Å². The quantitative estimate of drug-likeness (QED) is 0.113. The van der Waals surface area contributed by atoms with Crippen LogP contribution in [0.25, 0.3) is 17.2 Å². The van der Waals surface area contributed by atoms with Crippen molar-refractivity contribution < 1.29 is 18.5 Å². The van der Waals surface area contributed by atoms with E-state index in [1.54, 1.807) is 6.33 Å². The molecule has 3 aromatic carbocycles. The van der Waals surface area contributed by atoms with Gasteiger partial charge in [-0.1, -0.05) is 52.3 Å². The van der Waals surface area contributed by atoms with Crippen molar-refractivity contribution >= 4 is 34.2 Å². The van der Waals surface area contributed by atoms with Crippen molar-refractivity contribution in [3.8, 4) is 16.9 Å². The number of benzene rings is 3. The van der Waals surface area contributed by atoms with Gasteiger partial charge in [0.05, 0.1) is 35.2 Å². The van der Waals surface area contributed by atoms with Crippen LogP contribution >= 0.6 is 0 Å². The summed E-state index contributed by atoms with van der Waals surface area (Å²) in [5, 5.41) is 3.08. The summed E-state index contributed by atoms with van der Waals surface area (Å²) in [6, 6.07) is 21.9. The van der Waals surface area contributed by atoms with E-state index < -0.39 is 10.8 Å². The van der Waals surface area contributed by atoms with E-state index in [2.05, 4.69) is 73.2 Å². The molecule has 0 saturated carbocycles. The molecule has 4 aromatic rings. The number of anilines is 2. The number of unbranched alkanes of at least 4 members (excludes halogenated alkanes) is 1. The minimum atomic E-state index is -1.23. The van der Waals surface area contributed by atoms with Crippen LogP contribution in [0.1, 0.15) is 64.6 Å². The maximum absolute atomic E-state index is 13.6. The highest BCUT2D eigenvalue weighted by atomic mass is 32.2. The lowest BCUT2D eigenvalue weighted by atomic mass is 10.00. The van der Waals surface area contributed by atoms with Crippen molar-refractivity contribution in [1.82, 2.24) is 9.55 Å². The molecule has 0 fully saturated rings. The molecular weight excluding hydrogens is 633 g/mol. The number of fused-ring (bicyclic) bond motifs is 1. The number of aromatic nitrogens is 2. The molecule has 2 heterocycles. The number of carbonyl (C=O) groups is 1. The number of amides is 1. The molecule has 1 amide bonds. The zero-order chi connectivity index (χ0) is 34.6. The molecular formula is C40H50N4O4S. The van der Waals surface area contributed by atoms with Crippen molar-refractivity contribution in [2.24, 2.45) is 5.92 Å². The molecule has 0 radical (unpaired) electrons. The molecule has 9 heteroatoms. The Hall–Kier alpha value is -4.21. The van der Waals surface area contributed by atoms with Crippen LogP contribution < -0.4 is 15.0 Å². The van der Waals surface area contributed by atoms with E-state index in [1.807, 2.05) is 53.2 Å². The minimum Gasteiger partial charge on any atom is -0.491 e. The van der Waals surface area contributed by atoms with Crippen molar-refractivity contribution in [2.45, 2.75) is 70.6 Å². The van der Waals surface area contributed by atoms with Crippen molar-refractivity contribution in [3.63, 3.8) is 0 Å². The van der Waals surface area contributed by atoms with Gasteiger partial charge in [-0.3, -0.25) is 9.00 Å². The van der Waals surface area contributed by atoms with E-state index in [9.17, 15) is 9.00 Å². The fraction of sp³-hybridized carbons (Fsp3) is 0.400. The third-order valence-corrected chi connectivity index (χ3v) is 9.73. The maximum atomic E-state index is 13.6. The molecule has 260 valence electrons. The highest BCUT2D eigenvalue weighted by Gasteiger charge is 2.21. The number of imidazole rings is 1. The number of nitrogens with one attached hydrogen (secondary N) is 1. The largest absolute Gasteiger partial charge is 0.491 e. The molecule has 0 bridgehead atoms. The van der Waals surface area contributed by atoms with Crippen molar-refractivity contribution in [2.75, 3.05) is 43.1 Å². The molecule has 0 aliphatic carbocycles. The number of hydrogen-bond donors (Lipinski definition) is 1. The zero-order valence-corrected chi connectivity index (χ0v) is 30.1. The number of ether oxygens (including phenoxy) is 2. The standard InChI is InChI=1S/C40H50N4O4S/c1-5-7-21-47-22-23-48-37-13-8-31(9-14-37)32-10-17-39-34(24-32)25-33(18-20-44(39)26-30(3)4)40(45)42-35-11-15-38(16-12-35)49(46)28-36-27-43(19-6-2)29-41-36/h8-17,24-25,27,29-30H,5-7,18-23,26,28H2,1-4H3,(H,42,45). The van der Waals surface area contributed by atoms with Gasteiger partial charge in [-0.2, -0.15) is 0 Å². The first kappa shape index (κ1) is 36.1. The number of hydrogen-bond acceptors (Lipinski definition) is 6. The average Bonchev–Trinajstić information content (AvgIpc) is 3.46. The van der Waals surface area contributed by atoms with E-state index in [0.717, 1.165) is 84.9 Å². The lowest BCUT2D eigenvalue weighted by Crippen LogP contribution is -2.29. The van der Waals surface area contributed by atoms with Gasteiger partial charge in [-0.05, 0) is 96.5 Å². The molecule has 8 nitrogen and oxygen atoms in total. The summed E-state index contributed by atoms with van der Waals surface area (Å²) in [5.41, 5.74) is 6.53. The fourth-order valence-corrected chi connectivity index (χ4v) is 6.90. The van der Waals surface area contributed by atoms with E-state index in [1.165, 1.54) is 0 Å². The van der Waals surface area contributed by atoms with Crippen molar-refractivity contribution in [1.29, 1.82) is 0 Å². The Labute approximate surface area is 294 Å². The second-order valence-corrected chi connectivity index (χ2v) is 14.4. The lowest BCUT2D eigenvalue weighted by Gasteiger charge is -2.27. The van der Waals surface area contributed by atoms with E-state index >= 15 is 0 Å². The number of carbonyl (C=O) groups excluding carboxylic acids is 1. The summed E-state index contributed by atoms with van der Waals surface area (Å²) in [6.45, 7) is 13.1. The van der Waals surface area contributed by atoms with Crippen molar-refractivity contribution in [3.05, 3.63) is 96.1 Å². The van der Waals surface area contributed by atoms with Gasteiger partial charge < -0.3 is 24.3 Å². The maximum Gasteiger partial charge on any atom is 0.251 e. The van der Waals surface area contributed by atoms with Gasteiger partial charge in [0.1, 0.15) is 12.4 Å². The molecule has 49 heavy (non-hydrogen) atoms. The topological polar surface area (TPSA) is 85.7 Å². The van der Waals surface area contributed by atoms with Crippen LogP contribution in [0.4, 0.5) is 11.4 Å². The Balaban J connectivity index is 1.27. The van der Waals surface area contributed by atoms with Crippen LogP contribution in [0.2, 0.25) is 0 Å². The van der Waals surface area contributed by atoms with E-state index in [0.29, 0.717) is 41.9 Å². The van der Waals surface area contributed by atoms with Gasteiger partial charge in [-0.15, -0.1) is 0 Å². The predicted molar refractivity (Wildman–Crippen MR) is 200 cm³/mol. The Morgan fingerprint density at radius 1 is 0.959 bits per heavy atom. The summed E-state index contributed by atoms with van der Waals surface area (Å²) in [6.07, 6.45) is 9.62. The molecule has 1 aromatic heterocycles. The molecule has 0 spiro atoms. The van der Waals surface area contributed by atoms with Gasteiger partial charge in [0.25, 0.3) is 5.91 Å². The molecule has 1 atom stereocenters. The Kier molecular flexibility index (Phi) is 13.2. The first-order valence-corrected chi connectivity index (χ1v) is 18.9. The Bertz CT molecular complexity index is 1710. The fourth-order valence-electron chi connectivity index (χ4n) is 5.87. The predicted octanol–water partition coefficient (Wildman–Crippen LogP) is 8.35. The highest BCUT2D eigenvalue weighted by molar-refractivity contribution is 7.84. The number of rotatable bonds is 17. The van der Waals surface area contributed by atoms with Gasteiger partial charge in [-0.25, -0.2) is 4.98 Å². The SMILES string of the molecule is CCCCOCCOc1ccc(-c2ccc3c(c2)C=C(C(=O)Nc2ccc(S(=O)Cc4cn(CCC)cn4)cc2)CCN3CC(C)C)cc1. The molecule has 5 rings (SSSR count). The molecule has 1 aliphatic rings. The monoisotopic (exact) mass is 682 g/mol. The Morgan fingerprint density at radius 2 is 1.73 bits per heavy atom. The lowest BCUT2D eigenvalue weighted by molar-refractivity contribution is -0.112. The normalized spacial score (nSPS) is 13.5. The highest BCUT2D eigenvalue weighted by Crippen LogP contribution is 2.34. The first-order valence-electron chi connectivity index (χ1n) is 17.5. The summed E-state index contributed by atoms with van der Waals surface area (Å²) in [7, 11) is -1.23. The molecule has 1 N–H and O–H groups in total. The Morgan fingerprint density at radius 3 is 2.47 bits per heavy atom. The summed E-state index contributed by atoms with van der Waals surface area (Å²) >= 11 is 0. The second kappa shape index (κ2) is 18.0. The third-order valence-electron chi connectivity index (χ3n) is 8.38. The van der Waals surface area contributed by atoms with Gasteiger partial charge in [0.15, 0.2) is 0 Å². The van der Waals surface area contributed by atoms with Gasteiger partial charge in [0.2, 0.25) is 0 Å². The van der Waals surface area contributed by atoms with Crippen LogP contribution in [0, 0.1) is 5.92 Å². The zero-order valence-electron chi connectivity index (χ0n) is 29.3. The summed E-state index contributed by atoms with van der Waals surface area (Å²) in [4.78, 5) is 21.1. The van der Waals surface area contributed by atoms with Crippen LogP contribution in [-0.4, -0.2) is 52.6 Å². The summed E-state index contributed by atoms with van der Waals surface area (Å²) in [5.74, 6) is 1.52. The summed E-state index contributed by atoms with van der Waals surface area (Å²) < 4.78 is 26.5. The average molecular weight is 683 g/mol. The van der Waals surface area contributed by atoms with Gasteiger partial charge in [0, 0.05) is 54.3 Å². The smallest absolute Gasteiger partial charge is 0.251 e. The number of aryl methyl sites for hydroxylation is 1. The second-order valence-electron chi connectivity index (χ2n) is 12.9. The molecule has 1 aliphatic heterocycles. The first-order chi connectivity index (χ1) is 23.8. The third kappa shape index (κ3) is 10.4. The van der Waals surface area contributed by atoms with Crippen LogP contribution in [0.5, 0.6) is 5.75 Å². The van der Waals surface area contributed by atoms with E-state index in [4.69, 9.17) is 9.47 Å². The van der Waals surface area contributed by atoms with Crippen LogP contribution in [-0.2, 0) is 32.6 Å².